The average Bonchev–Trinajstić information content (AvgIpc) is 2.81. The van der Waals surface area contributed by atoms with Gasteiger partial charge in [-0.25, -0.2) is 4.98 Å². The summed E-state index contributed by atoms with van der Waals surface area (Å²) in [4.78, 5) is 4.36. The van der Waals surface area contributed by atoms with Crippen LogP contribution in [0.2, 0.25) is 0 Å². The summed E-state index contributed by atoms with van der Waals surface area (Å²) in [5.74, 6) is 0.851. The normalized spacial score (nSPS) is 14.6. The van der Waals surface area contributed by atoms with E-state index < -0.39 is 11.8 Å². The number of ether oxygens (including phenoxy) is 1. The maximum absolute atomic E-state index is 13.2. The van der Waals surface area contributed by atoms with Gasteiger partial charge in [0.15, 0.2) is 5.60 Å². The Kier molecular flexibility index (Phi) is 4.70. The molecule has 1 aromatic carbocycles. The Hall–Kier alpha value is -2.02. The third-order valence-electron chi connectivity index (χ3n) is 3.93. The zero-order chi connectivity index (χ0) is 17.3. The second kappa shape index (κ2) is 6.23. The van der Waals surface area contributed by atoms with Gasteiger partial charge in [0, 0.05) is 26.0 Å². The van der Waals surface area contributed by atoms with Crippen molar-refractivity contribution in [3.63, 3.8) is 0 Å². The molecule has 1 heterocycles. The minimum atomic E-state index is -4.48. The van der Waals surface area contributed by atoms with E-state index in [-0.39, 0.29) is 5.56 Å². The second-order valence-electron chi connectivity index (χ2n) is 5.58. The number of alkyl halides is 3. The minimum Gasteiger partial charge on any atom is -0.378 e. The summed E-state index contributed by atoms with van der Waals surface area (Å²) < 4.78 is 46.1. The highest BCUT2D eigenvalue weighted by Crippen LogP contribution is 2.41. The highest BCUT2D eigenvalue weighted by Gasteiger charge is 2.52. The van der Waals surface area contributed by atoms with Crippen molar-refractivity contribution in [2.24, 2.45) is 7.05 Å². The van der Waals surface area contributed by atoms with Gasteiger partial charge in [-0.1, -0.05) is 12.1 Å². The van der Waals surface area contributed by atoms with Crippen LogP contribution in [0, 0.1) is 6.92 Å². The van der Waals surface area contributed by atoms with Crippen molar-refractivity contribution >= 4 is 5.69 Å². The summed E-state index contributed by atoms with van der Waals surface area (Å²) in [5.41, 5.74) is -0.621. The number of anilines is 1. The first-order valence-electron chi connectivity index (χ1n) is 7.12. The number of hydrogen-bond acceptors (Lipinski definition) is 3. The van der Waals surface area contributed by atoms with Gasteiger partial charge in [0.05, 0.1) is 12.2 Å². The first kappa shape index (κ1) is 17.3. The Morgan fingerprint density at radius 3 is 2.26 bits per heavy atom. The highest BCUT2D eigenvalue weighted by molar-refractivity contribution is 5.46. The van der Waals surface area contributed by atoms with Crippen LogP contribution in [0.25, 0.3) is 0 Å². The summed E-state index contributed by atoms with van der Waals surface area (Å²) in [7, 11) is 2.95. The molecule has 2 aromatic rings. The molecule has 0 aliphatic rings. The van der Waals surface area contributed by atoms with Crippen molar-refractivity contribution in [3.8, 4) is 0 Å². The number of benzene rings is 1. The summed E-state index contributed by atoms with van der Waals surface area (Å²) in [5, 5.41) is 3.15. The van der Waals surface area contributed by atoms with Crippen LogP contribution in [0.1, 0.15) is 24.0 Å². The summed E-state index contributed by atoms with van der Waals surface area (Å²) in [6.07, 6.45) is -2.57. The van der Waals surface area contributed by atoms with Gasteiger partial charge in [-0.15, -0.1) is 0 Å². The van der Waals surface area contributed by atoms with Crippen molar-refractivity contribution in [3.05, 3.63) is 47.5 Å². The van der Waals surface area contributed by atoms with E-state index in [1.54, 1.807) is 12.1 Å². The fraction of sp³-hybridized carbons (Fsp3) is 0.438. The number of aryl methyl sites for hydroxylation is 2. The molecule has 1 unspecified atom stereocenters. The molecule has 1 N–H and O–H groups in total. The lowest BCUT2D eigenvalue weighted by atomic mass is 9.95. The van der Waals surface area contributed by atoms with E-state index in [4.69, 9.17) is 4.74 Å². The van der Waals surface area contributed by atoms with E-state index in [0.29, 0.717) is 6.54 Å². The largest absolute Gasteiger partial charge is 0.421 e. The summed E-state index contributed by atoms with van der Waals surface area (Å²) >= 11 is 0. The highest BCUT2D eigenvalue weighted by atomic mass is 19.4. The molecule has 1 aromatic heterocycles. The van der Waals surface area contributed by atoms with Crippen LogP contribution in [-0.2, 0) is 23.9 Å². The molecular weight excluding hydrogens is 307 g/mol. The molecule has 0 spiro atoms. The molecule has 0 radical (unpaired) electrons. The molecule has 2 rings (SSSR count). The van der Waals surface area contributed by atoms with E-state index >= 15 is 0 Å². The second-order valence-corrected chi connectivity index (χ2v) is 5.58. The van der Waals surface area contributed by atoms with Crippen molar-refractivity contribution in [2.75, 3.05) is 12.4 Å². The lowest BCUT2D eigenvalue weighted by Crippen LogP contribution is -2.41. The average molecular weight is 327 g/mol. The van der Waals surface area contributed by atoms with Crippen LogP contribution in [0.4, 0.5) is 18.9 Å². The van der Waals surface area contributed by atoms with E-state index in [2.05, 4.69) is 10.3 Å². The van der Waals surface area contributed by atoms with Gasteiger partial charge in [-0.3, -0.25) is 0 Å². The smallest absolute Gasteiger partial charge is 0.378 e. The lowest BCUT2D eigenvalue weighted by molar-refractivity contribution is -0.269. The first-order valence-corrected chi connectivity index (χ1v) is 7.12. The van der Waals surface area contributed by atoms with Gasteiger partial charge in [-0.05, 0) is 31.5 Å². The molecule has 0 amide bonds. The van der Waals surface area contributed by atoms with Gasteiger partial charge >= 0.3 is 6.18 Å². The molecule has 23 heavy (non-hydrogen) atoms. The molecular formula is C16H20F3N3O. The van der Waals surface area contributed by atoms with Crippen LogP contribution in [0.3, 0.4) is 0 Å². The standard InChI is InChI=1S/C16H20F3N3O/c1-11-10-22(3)14(21-11)9-20-13-7-5-12(6-8-13)15(2,23-4)16(17,18)19/h5-8,10,20H,9H2,1-4H3. The van der Waals surface area contributed by atoms with Crippen LogP contribution in [0.5, 0.6) is 0 Å². The number of halogens is 3. The molecule has 0 saturated carbocycles. The molecule has 7 heteroatoms. The Balaban J connectivity index is 2.12. The van der Waals surface area contributed by atoms with Crippen molar-refractivity contribution in [2.45, 2.75) is 32.2 Å². The Morgan fingerprint density at radius 1 is 1.22 bits per heavy atom. The molecule has 4 nitrogen and oxygen atoms in total. The van der Waals surface area contributed by atoms with Crippen LogP contribution in [0.15, 0.2) is 30.5 Å². The number of imidazole rings is 1. The number of nitrogens with one attached hydrogen (secondary N) is 1. The van der Waals surface area contributed by atoms with Crippen molar-refractivity contribution in [1.82, 2.24) is 9.55 Å². The predicted molar refractivity (Wildman–Crippen MR) is 82.1 cm³/mol. The first-order chi connectivity index (χ1) is 10.7. The van der Waals surface area contributed by atoms with Crippen LogP contribution in [-0.4, -0.2) is 22.8 Å². The van der Waals surface area contributed by atoms with Gasteiger partial charge in [0.2, 0.25) is 0 Å². The monoisotopic (exact) mass is 327 g/mol. The van der Waals surface area contributed by atoms with Crippen molar-refractivity contribution < 1.29 is 17.9 Å². The van der Waals surface area contributed by atoms with Crippen LogP contribution < -0.4 is 5.32 Å². The SMILES string of the molecule is COC(C)(c1ccc(NCc2nc(C)cn2C)cc1)C(F)(F)F. The number of aromatic nitrogens is 2. The maximum Gasteiger partial charge on any atom is 0.421 e. The van der Waals surface area contributed by atoms with E-state index in [1.807, 2.05) is 24.7 Å². The summed E-state index contributed by atoms with van der Waals surface area (Å²) in [6.45, 7) is 3.41. The Bertz CT molecular complexity index is 664. The quantitative estimate of drug-likeness (QED) is 0.909. The molecule has 0 saturated heterocycles. The maximum atomic E-state index is 13.2. The molecule has 0 aliphatic heterocycles. The molecule has 126 valence electrons. The number of hydrogen-bond donors (Lipinski definition) is 1. The van der Waals surface area contributed by atoms with E-state index in [9.17, 15) is 13.2 Å². The zero-order valence-corrected chi connectivity index (χ0v) is 13.5. The molecule has 0 aliphatic carbocycles. The summed E-state index contributed by atoms with van der Waals surface area (Å²) in [6, 6.07) is 6.05. The number of methoxy groups -OCH3 is 1. The number of nitrogens with zero attached hydrogens (tertiary/aromatic N) is 2. The third-order valence-corrected chi connectivity index (χ3v) is 3.93. The predicted octanol–water partition coefficient (Wildman–Crippen LogP) is 3.76. The zero-order valence-electron chi connectivity index (χ0n) is 13.5. The minimum absolute atomic E-state index is 0.0610. The Labute approximate surface area is 133 Å². The third kappa shape index (κ3) is 3.50. The molecule has 1 atom stereocenters. The van der Waals surface area contributed by atoms with Crippen molar-refractivity contribution in [1.29, 1.82) is 0 Å². The fourth-order valence-corrected chi connectivity index (χ4v) is 2.31. The molecule has 0 fully saturated rings. The fourth-order valence-electron chi connectivity index (χ4n) is 2.31. The van der Waals surface area contributed by atoms with E-state index in [0.717, 1.165) is 31.2 Å². The van der Waals surface area contributed by atoms with Gasteiger partial charge in [-0.2, -0.15) is 13.2 Å². The topological polar surface area (TPSA) is 39.1 Å². The van der Waals surface area contributed by atoms with Gasteiger partial charge in [0.25, 0.3) is 0 Å². The Morgan fingerprint density at radius 2 is 1.83 bits per heavy atom. The van der Waals surface area contributed by atoms with Gasteiger partial charge < -0.3 is 14.6 Å². The molecule has 0 bridgehead atoms. The van der Waals surface area contributed by atoms with Crippen LogP contribution >= 0.6 is 0 Å². The van der Waals surface area contributed by atoms with Gasteiger partial charge in [0.1, 0.15) is 5.82 Å². The number of rotatable bonds is 5. The van der Waals surface area contributed by atoms with E-state index in [1.165, 1.54) is 12.1 Å². The lowest BCUT2D eigenvalue weighted by Gasteiger charge is -2.31.